The summed E-state index contributed by atoms with van der Waals surface area (Å²) >= 11 is 0. The van der Waals surface area contributed by atoms with Crippen molar-refractivity contribution in [2.75, 3.05) is 5.32 Å². The molecule has 0 atom stereocenters. The lowest BCUT2D eigenvalue weighted by Gasteiger charge is -2.08. The molecule has 0 unspecified atom stereocenters. The first-order valence-electron chi connectivity index (χ1n) is 11.4. The number of carbonyl (C=O) groups is 2. The van der Waals surface area contributed by atoms with Crippen LogP contribution in [0.5, 0.6) is 0 Å². The van der Waals surface area contributed by atoms with Crippen LogP contribution in [0, 0.1) is 13.8 Å². The number of amides is 1. The second kappa shape index (κ2) is 8.41. The Morgan fingerprint density at radius 1 is 0.973 bits per heavy atom. The molecule has 37 heavy (non-hydrogen) atoms. The maximum atomic E-state index is 13.0. The minimum absolute atomic E-state index is 0.0642. The highest BCUT2D eigenvalue weighted by atomic mass is 16.2. The molecular formula is C26H20N8O3. The number of H-pyrrole nitrogens is 2. The standard InChI is InChI=1S/C26H20N8O3/c1-14-7-9-16(10-8-14)33-23-19(13-28-33)24(36)31-26(30-23)34-21(11-15(2)32-34)29-25(37)22(35)18-12-27-20-6-4-3-5-17(18)20/h3-13,27H,1-2H3,(H,29,37)(H,30,31,36). The van der Waals surface area contributed by atoms with Gasteiger partial charge in [0.05, 0.1) is 23.1 Å². The first-order valence-corrected chi connectivity index (χ1v) is 11.4. The Bertz CT molecular complexity index is 1890. The number of rotatable bonds is 5. The number of anilines is 1. The fourth-order valence-corrected chi connectivity index (χ4v) is 4.19. The topological polar surface area (TPSA) is 143 Å². The van der Waals surface area contributed by atoms with E-state index in [-0.39, 0.29) is 17.3 Å². The van der Waals surface area contributed by atoms with Crippen LogP contribution in [-0.4, -0.2) is 46.2 Å². The minimum atomic E-state index is -0.848. The number of aryl methyl sites for hydroxylation is 2. The van der Waals surface area contributed by atoms with E-state index in [1.165, 1.54) is 17.1 Å². The smallest absolute Gasteiger partial charge is 0.298 e. The third kappa shape index (κ3) is 3.78. The summed E-state index contributed by atoms with van der Waals surface area (Å²) in [7, 11) is 0. The molecule has 0 saturated heterocycles. The summed E-state index contributed by atoms with van der Waals surface area (Å²) in [5, 5.41) is 12.3. The SMILES string of the molecule is Cc1ccc(-n2ncc3c(=O)[nH]c(-n4nc(C)cc4NC(=O)C(=O)c4c[nH]c5ccccc45)nc32)cc1. The molecule has 0 aliphatic carbocycles. The summed E-state index contributed by atoms with van der Waals surface area (Å²) in [6, 6.07) is 16.4. The Labute approximate surface area is 208 Å². The van der Waals surface area contributed by atoms with Gasteiger partial charge in [0, 0.05) is 23.2 Å². The highest BCUT2D eigenvalue weighted by Crippen LogP contribution is 2.21. The Morgan fingerprint density at radius 3 is 2.57 bits per heavy atom. The average Bonchev–Trinajstić information content (AvgIpc) is 3.61. The summed E-state index contributed by atoms with van der Waals surface area (Å²) in [4.78, 5) is 49.0. The normalized spacial score (nSPS) is 11.3. The number of Topliss-reactive ketones (excluding diaryl/α,β-unsaturated/α-hetero) is 1. The summed E-state index contributed by atoms with van der Waals surface area (Å²) in [6.07, 6.45) is 2.95. The molecule has 6 aromatic rings. The first-order chi connectivity index (χ1) is 17.9. The van der Waals surface area contributed by atoms with E-state index in [1.807, 2.05) is 43.3 Å². The van der Waals surface area contributed by atoms with Gasteiger partial charge >= 0.3 is 0 Å². The van der Waals surface area contributed by atoms with Crippen molar-refractivity contribution in [1.29, 1.82) is 0 Å². The van der Waals surface area contributed by atoms with E-state index in [0.717, 1.165) is 16.8 Å². The van der Waals surface area contributed by atoms with E-state index in [1.54, 1.807) is 29.8 Å². The Kier molecular flexibility index (Phi) is 5.04. The van der Waals surface area contributed by atoms with E-state index in [0.29, 0.717) is 22.1 Å². The lowest BCUT2D eigenvalue weighted by atomic mass is 10.1. The molecule has 0 saturated carbocycles. The number of nitrogens with zero attached hydrogens (tertiary/aromatic N) is 5. The predicted octanol–water partition coefficient (Wildman–Crippen LogP) is 3.21. The molecule has 0 aliphatic heterocycles. The van der Waals surface area contributed by atoms with Gasteiger partial charge in [0.25, 0.3) is 17.2 Å². The highest BCUT2D eigenvalue weighted by molar-refractivity contribution is 6.48. The second-order valence-corrected chi connectivity index (χ2v) is 8.63. The minimum Gasteiger partial charge on any atom is -0.360 e. The average molecular weight is 492 g/mol. The molecule has 182 valence electrons. The maximum absolute atomic E-state index is 13.0. The lowest BCUT2D eigenvalue weighted by molar-refractivity contribution is -0.112. The highest BCUT2D eigenvalue weighted by Gasteiger charge is 2.23. The van der Waals surface area contributed by atoms with Crippen LogP contribution in [-0.2, 0) is 4.79 Å². The summed E-state index contributed by atoms with van der Waals surface area (Å²) in [6.45, 7) is 3.70. The van der Waals surface area contributed by atoms with Crippen molar-refractivity contribution in [2.24, 2.45) is 0 Å². The van der Waals surface area contributed by atoms with Gasteiger partial charge in [-0.1, -0.05) is 35.9 Å². The molecule has 0 spiro atoms. The van der Waals surface area contributed by atoms with Crippen molar-refractivity contribution in [3.05, 3.63) is 94.2 Å². The third-order valence-corrected chi connectivity index (χ3v) is 6.02. The summed E-state index contributed by atoms with van der Waals surface area (Å²) < 4.78 is 2.84. The molecule has 2 aromatic carbocycles. The van der Waals surface area contributed by atoms with E-state index in [2.05, 4.69) is 30.5 Å². The van der Waals surface area contributed by atoms with Gasteiger partial charge in [0.1, 0.15) is 11.2 Å². The van der Waals surface area contributed by atoms with Crippen molar-refractivity contribution in [2.45, 2.75) is 13.8 Å². The van der Waals surface area contributed by atoms with Gasteiger partial charge in [-0.25, -0.2) is 4.68 Å². The van der Waals surface area contributed by atoms with Crippen molar-refractivity contribution in [3.8, 4) is 11.6 Å². The van der Waals surface area contributed by atoms with Gasteiger partial charge < -0.3 is 10.3 Å². The maximum Gasteiger partial charge on any atom is 0.298 e. The van der Waals surface area contributed by atoms with Crippen LogP contribution >= 0.6 is 0 Å². The molecule has 4 aromatic heterocycles. The van der Waals surface area contributed by atoms with Gasteiger partial charge in [-0.2, -0.15) is 19.9 Å². The number of fused-ring (bicyclic) bond motifs is 2. The largest absolute Gasteiger partial charge is 0.360 e. The third-order valence-electron chi connectivity index (χ3n) is 6.02. The number of para-hydroxylation sites is 1. The summed E-state index contributed by atoms with van der Waals surface area (Å²) in [5.74, 6) is -1.31. The molecule has 4 heterocycles. The van der Waals surface area contributed by atoms with E-state index in [9.17, 15) is 14.4 Å². The Balaban J connectivity index is 1.38. The molecule has 0 fully saturated rings. The van der Waals surface area contributed by atoms with E-state index < -0.39 is 17.2 Å². The zero-order chi connectivity index (χ0) is 25.7. The fraction of sp³-hybridized carbons (Fsp3) is 0.0769. The fourth-order valence-electron chi connectivity index (χ4n) is 4.19. The summed E-state index contributed by atoms with van der Waals surface area (Å²) in [5.41, 5.74) is 3.28. The van der Waals surface area contributed by atoms with Crippen LogP contribution in [0.25, 0.3) is 33.6 Å². The molecule has 1 amide bonds. The van der Waals surface area contributed by atoms with Gasteiger partial charge in [0.2, 0.25) is 5.95 Å². The number of benzene rings is 2. The quantitative estimate of drug-likeness (QED) is 0.249. The lowest BCUT2D eigenvalue weighted by Crippen LogP contribution is -2.25. The molecule has 3 N–H and O–H groups in total. The number of aromatic amines is 2. The number of nitrogens with one attached hydrogen (secondary N) is 3. The zero-order valence-electron chi connectivity index (χ0n) is 19.8. The molecule has 0 radical (unpaired) electrons. The van der Waals surface area contributed by atoms with E-state index >= 15 is 0 Å². The first kappa shape index (κ1) is 22.2. The predicted molar refractivity (Wildman–Crippen MR) is 137 cm³/mol. The van der Waals surface area contributed by atoms with Gasteiger partial charge in [-0.3, -0.25) is 19.4 Å². The number of ketones is 1. The number of aromatic nitrogens is 7. The second-order valence-electron chi connectivity index (χ2n) is 8.63. The molecule has 11 heteroatoms. The molecule has 6 rings (SSSR count). The van der Waals surface area contributed by atoms with Crippen LogP contribution in [0.1, 0.15) is 21.6 Å². The number of hydrogen-bond donors (Lipinski definition) is 3. The van der Waals surface area contributed by atoms with Crippen molar-refractivity contribution >= 4 is 39.4 Å². The van der Waals surface area contributed by atoms with Crippen molar-refractivity contribution < 1.29 is 9.59 Å². The van der Waals surface area contributed by atoms with Crippen LogP contribution in [0.15, 0.2) is 71.8 Å². The van der Waals surface area contributed by atoms with Crippen LogP contribution in [0.2, 0.25) is 0 Å². The Hall–Kier alpha value is -5.32. The van der Waals surface area contributed by atoms with E-state index in [4.69, 9.17) is 0 Å². The monoisotopic (exact) mass is 492 g/mol. The molecule has 11 nitrogen and oxygen atoms in total. The van der Waals surface area contributed by atoms with Crippen LogP contribution in [0.4, 0.5) is 5.82 Å². The number of carbonyl (C=O) groups excluding carboxylic acids is 2. The zero-order valence-corrected chi connectivity index (χ0v) is 19.8. The van der Waals surface area contributed by atoms with Gasteiger partial charge in [-0.05, 0) is 32.0 Å². The van der Waals surface area contributed by atoms with Gasteiger partial charge in [0.15, 0.2) is 5.65 Å². The van der Waals surface area contributed by atoms with Crippen molar-refractivity contribution in [3.63, 3.8) is 0 Å². The van der Waals surface area contributed by atoms with Crippen LogP contribution in [0.3, 0.4) is 0 Å². The molecule has 0 bridgehead atoms. The molecular weight excluding hydrogens is 472 g/mol. The van der Waals surface area contributed by atoms with Crippen LogP contribution < -0.4 is 10.9 Å². The molecule has 0 aliphatic rings. The van der Waals surface area contributed by atoms with Gasteiger partial charge in [-0.15, -0.1) is 0 Å². The Morgan fingerprint density at radius 2 is 1.76 bits per heavy atom. The number of hydrogen-bond acceptors (Lipinski definition) is 6. The van der Waals surface area contributed by atoms with Crippen molar-refractivity contribution in [1.82, 2.24) is 34.5 Å².